The van der Waals surface area contributed by atoms with Gasteiger partial charge in [0.05, 0.1) is 30.4 Å². The summed E-state index contributed by atoms with van der Waals surface area (Å²) < 4.78 is 28.9. The van der Waals surface area contributed by atoms with Gasteiger partial charge in [0.15, 0.2) is 9.84 Å². The lowest BCUT2D eigenvalue weighted by Gasteiger charge is -2.28. The summed E-state index contributed by atoms with van der Waals surface area (Å²) in [6.07, 6.45) is 0.591. The summed E-state index contributed by atoms with van der Waals surface area (Å²) in [7, 11) is -2.95. The van der Waals surface area contributed by atoms with Crippen molar-refractivity contribution in [1.29, 1.82) is 0 Å². The maximum atomic E-state index is 11.7. The van der Waals surface area contributed by atoms with Crippen molar-refractivity contribution >= 4 is 21.6 Å². The average molecular weight is 374 g/mol. The zero-order valence-corrected chi connectivity index (χ0v) is 15.3. The van der Waals surface area contributed by atoms with E-state index in [2.05, 4.69) is 20.2 Å². The molecule has 2 aliphatic heterocycles. The highest BCUT2D eigenvalue weighted by Crippen LogP contribution is 2.25. The summed E-state index contributed by atoms with van der Waals surface area (Å²) >= 11 is 0. The number of sulfone groups is 1. The molecule has 1 N–H and O–H groups in total. The number of hydrogen-bond acceptors (Lipinski definition) is 7. The molecule has 3 heterocycles. The lowest BCUT2D eigenvalue weighted by molar-refractivity contribution is 0.122. The van der Waals surface area contributed by atoms with E-state index in [1.165, 1.54) is 0 Å². The van der Waals surface area contributed by atoms with Gasteiger partial charge < -0.3 is 15.0 Å². The molecule has 0 bridgehead atoms. The average Bonchev–Trinajstić information content (AvgIpc) is 3.01. The second-order valence-corrected chi connectivity index (χ2v) is 8.87. The van der Waals surface area contributed by atoms with Gasteiger partial charge in [0.25, 0.3) is 0 Å². The lowest BCUT2D eigenvalue weighted by Crippen LogP contribution is -2.37. The number of nitrogens with one attached hydrogen (secondary N) is 1. The van der Waals surface area contributed by atoms with Gasteiger partial charge in [-0.05, 0) is 6.42 Å². The van der Waals surface area contributed by atoms with Crippen LogP contribution in [0.1, 0.15) is 6.42 Å². The van der Waals surface area contributed by atoms with Crippen LogP contribution in [0, 0.1) is 0 Å². The molecule has 2 aromatic rings. The Hall–Kier alpha value is -2.19. The fourth-order valence-electron chi connectivity index (χ4n) is 3.30. The van der Waals surface area contributed by atoms with E-state index in [4.69, 9.17) is 4.74 Å². The van der Waals surface area contributed by atoms with Crippen LogP contribution in [0.3, 0.4) is 0 Å². The SMILES string of the molecule is O=S1(=O)CCC(Nc2nc(-c3ccccc3)cc(N3CCOCC3)n2)C1. The van der Waals surface area contributed by atoms with Crippen LogP contribution in [0.15, 0.2) is 36.4 Å². The Labute approximate surface area is 153 Å². The van der Waals surface area contributed by atoms with Crippen LogP contribution in [0.2, 0.25) is 0 Å². The van der Waals surface area contributed by atoms with Crippen molar-refractivity contribution in [2.24, 2.45) is 0 Å². The Morgan fingerprint density at radius 1 is 1.12 bits per heavy atom. The van der Waals surface area contributed by atoms with Crippen molar-refractivity contribution in [3.8, 4) is 11.3 Å². The molecule has 0 aliphatic carbocycles. The smallest absolute Gasteiger partial charge is 0.225 e. The number of rotatable bonds is 4. The van der Waals surface area contributed by atoms with Gasteiger partial charge in [0.1, 0.15) is 5.82 Å². The quantitative estimate of drug-likeness (QED) is 0.870. The normalized spacial score (nSPS) is 22.3. The van der Waals surface area contributed by atoms with Crippen molar-refractivity contribution in [3.63, 3.8) is 0 Å². The van der Waals surface area contributed by atoms with E-state index in [1.54, 1.807) is 0 Å². The standard InChI is InChI=1S/C18H22N4O3S/c23-26(24)11-6-15(13-26)19-18-20-16(14-4-2-1-3-5-14)12-17(21-18)22-7-9-25-10-8-22/h1-5,12,15H,6-11,13H2,(H,19,20,21). The van der Waals surface area contributed by atoms with E-state index in [0.717, 1.165) is 30.2 Å². The highest BCUT2D eigenvalue weighted by Gasteiger charge is 2.28. The fraction of sp³-hybridized carbons (Fsp3) is 0.444. The molecule has 0 saturated carbocycles. The van der Waals surface area contributed by atoms with Gasteiger partial charge in [0.2, 0.25) is 5.95 Å². The van der Waals surface area contributed by atoms with Crippen LogP contribution in [-0.2, 0) is 14.6 Å². The summed E-state index contributed by atoms with van der Waals surface area (Å²) in [5.41, 5.74) is 1.83. The maximum Gasteiger partial charge on any atom is 0.225 e. The molecular formula is C18H22N4O3S. The maximum absolute atomic E-state index is 11.7. The third-order valence-electron chi connectivity index (χ3n) is 4.68. The van der Waals surface area contributed by atoms with E-state index in [-0.39, 0.29) is 17.5 Å². The van der Waals surface area contributed by atoms with Crippen LogP contribution < -0.4 is 10.2 Å². The first-order chi connectivity index (χ1) is 12.6. The molecule has 2 aliphatic rings. The van der Waals surface area contributed by atoms with Crippen LogP contribution >= 0.6 is 0 Å². The second-order valence-electron chi connectivity index (χ2n) is 6.64. The van der Waals surface area contributed by atoms with Crippen LogP contribution in [0.5, 0.6) is 0 Å². The van der Waals surface area contributed by atoms with Gasteiger partial charge in [-0.3, -0.25) is 0 Å². The van der Waals surface area contributed by atoms with Gasteiger partial charge in [-0.15, -0.1) is 0 Å². The van der Waals surface area contributed by atoms with Crippen LogP contribution in [0.4, 0.5) is 11.8 Å². The van der Waals surface area contributed by atoms with E-state index in [1.807, 2.05) is 36.4 Å². The first kappa shape index (κ1) is 17.2. The van der Waals surface area contributed by atoms with Gasteiger partial charge in [0, 0.05) is 30.8 Å². The molecule has 138 valence electrons. The molecule has 1 aromatic carbocycles. The largest absolute Gasteiger partial charge is 0.378 e. The second kappa shape index (κ2) is 7.20. The summed E-state index contributed by atoms with van der Waals surface area (Å²) in [6, 6.07) is 11.8. The van der Waals surface area contributed by atoms with Crippen molar-refractivity contribution in [3.05, 3.63) is 36.4 Å². The monoisotopic (exact) mass is 374 g/mol. The lowest BCUT2D eigenvalue weighted by atomic mass is 10.1. The highest BCUT2D eigenvalue weighted by molar-refractivity contribution is 7.91. The number of nitrogens with zero attached hydrogens (tertiary/aromatic N) is 3. The third-order valence-corrected chi connectivity index (χ3v) is 6.45. The van der Waals surface area contributed by atoms with E-state index < -0.39 is 9.84 Å². The number of ether oxygens (including phenoxy) is 1. The molecule has 1 aromatic heterocycles. The first-order valence-corrected chi connectivity index (χ1v) is 10.7. The highest BCUT2D eigenvalue weighted by atomic mass is 32.2. The first-order valence-electron chi connectivity index (χ1n) is 8.83. The minimum atomic E-state index is -2.95. The van der Waals surface area contributed by atoms with Crippen molar-refractivity contribution < 1.29 is 13.2 Å². The Bertz CT molecular complexity index is 867. The molecule has 0 amide bonds. The van der Waals surface area contributed by atoms with Crippen LogP contribution in [-0.4, -0.2) is 62.2 Å². The third kappa shape index (κ3) is 3.96. The predicted molar refractivity (Wildman–Crippen MR) is 101 cm³/mol. The minimum absolute atomic E-state index is 0.136. The van der Waals surface area contributed by atoms with Crippen molar-refractivity contribution in [2.75, 3.05) is 48.0 Å². The summed E-state index contributed by atoms with van der Waals surface area (Å²) in [6.45, 7) is 2.91. The molecule has 0 spiro atoms. The predicted octanol–water partition coefficient (Wildman–Crippen LogP) is 1.58. The molecule has 1 atom stereocenters. The number of anilines is 2. The zero-order valence-electron chi connectivity index (χ0n) is 14.5. The number of hydrogen-bond donors (Lipinski definition) is 1. The Morgan fingerprint density at radius 2 is 1.88 bits per heavy atom. The molecule has 2 fully saturated rings. The Morgan fingerprint density at radius 3 is 2.58 bits per heavy atom. The number of benzene rings is 1. The number of morpholine rings is 1. The van der Waals surface area contributed by atoms with Gasteiger partial charge in [-0.25, -0.2) is 13.4 Å². The summed E-state index contributed by atoms with van der Waals surface area (Å²) in [4.78, 5) is 11.5. The van der Waals surface area contributed by atoms with Gasteiger partial charge >= 0.3 is 0 Å². The van der Waals surface area contributed by atoms with Gasteiger partial charge in [-0.1, -0.05) is 30.3 Å². The molecule has 0 radical (unpaired) electrons. The van der Waals surface area contributed by atoms with Crippen LogP contribution in [0.25, 0.3) is 11.3 Å². The summed E-state index contributed by atoms with van der Waals surface area (Å²) in [5.74, 6) is 1.68. The Kier molecular flexibility index (Phi) is 4.78. The molecule has 7 nitrogen and oxygen atoms in total. The van der Waals surface area contributed by atoms with E-state index >= 15 is 0 Å². The molecular weight excluding hydrogens is 352 g/mol. The summed E-state index contributed by atoms with van der Waals surface area (Å²) in [5, 5.41) is 3.23. The molecule has 4 rings (SSSR count). The molecule has 1 unspecified atom stereocenters. The fourth-order valence-corrected chi connectivity index (χ4v) is 4.97. The molecule has 26 heavy (non-hydrogen) atoms. The zero-order chi connectivity index (χ0) is 18.0. The van der Waals surface area contributed by atoms with E-state index in [9.17, 15) is 8.42 Å². The van der Waals surface area contributed by atoms with Crippen molar-refractivity contribution in [2.45, 2.75) is 12.5 Å². The molecule has 8 heteroatoms. The Balaban J connectivity index is 1.66. The number of aromatic nitrogens is 2. The molecule has 2 saturated heterocycles. The van der Waals surface area contributed by atoms with E-state index in [0.29, 0.717) is 25.6 Å². The topological polar surface area (TPSA) is 84.4 Å². The minimum Gasteiger partial charge on any atom is -0.378 e. The van der Waals surface area contributed by atoms with Crippen molar-refractivity contribution in [1.82, 2.24) is 9.97 Å². The van der Waals surface area contributed by atoms with Gasteiger partial charge in [-0.2, -0.15) is 4.98 Å².